The predicted molar refractivity (Wildman–Crippen MR) is 68.1 cm³/mol. The van der Waals surface area contributed by atoms with E-state index in [0.29, 0.717) is 6.07 Å². The number of aromatic nitrogens is 1. The van der Waals surface area contributed by atoms with E-state index in [1.54, 1.807) is 0 Å². The number of fused-ring (bicyclic) bond motifs is 1. The minimum Gasteiger partial charge on any atom is -0.491 e. The van der Waals surface area contributed by atoms with E-state index >= 15 is 0 Å². The third kappa shape index (κ3) is 2.24. The molecule has 0 saturated carbocycles. The fraction of sp³-hybridized carbons (Fsp3) is 0.0769. The second kappa shape index (κ2) is 5.31. The van der Waals surface area contributed by atoms with Crippen molar-refractivity contribution in [3.05, 3.63) is 46.0 Å². The van der Waals surface area contributed by atoms with Crippen LogP contribution in [0.2, 0.25) is 0 Å². The monoisotopic (exact) mass is 299 g/mol. The van der Waals surface area contributed by atoms with Crippen LogP contribution in [0.25, 0.3) is 17.1 Å². The Kier molecular flexibility index (Phi) is 3.70. The minimum atomic E-state index is -1.58. The normalized spacial score (nSPS) is 11.2. The molecular weight excluding hydrogens is 291 g/mol. The van der Waals surface area contributed by atoms with E-state index in [0.717, 1.165) is 24.1 Å². The van der Waals surface area contributed by atoms with Gasteiger partial charge in [-0.3, -0.25) is 4.79 Å². The molecule has 1 N–H and O–H groups in total. The number of rotatable bonds is 3. The van der Waals surface area contributed by atoms with Crippen molar-refractivity contribution in [2.45, 2.75) is 0 Å². The molecule has 8 heteroatoms. The number of ether oxygens (including phenoxy) is 1. The van der Waals surface area contributed by atoms with Gasteiger partial charge in [0.25, 0.3) is 0 Å². The number of pyridine rings is 1. The number of carbonyl (C=O) groups is 1. The van der Waals surface area contributed by atoms with Crippen molar-refractivity contribution in [1.82, 2.24) is 4.57 Å². The van der Waals surface area contributed by atoms with Gasteiger partial charge in [0.15, 0.2) is 11.6 Å². The number of nitrogens with zero attached hydrogens (tertiary/aromatic N) is 1. The van der Waals surface area contributed by atoms with E-state index < -0.39 is 39.7 Å². The summed E-state index contributed by atoms with van der Waals surface area (Å²) in [5.74, 6) is -4.95. The quantitative estimate of drug-likeness (QED) is 0.945. The number of carboxylic acids is 1. The smallest absolute Gasteiger partial charge is 0.341 e. The molecule has 0 fully saturated rings. The molecule has 1 aromatic carbocycles. The summed E-state index contributed by atoms with van der Waals surface area (Å²) >= 11 is 0. The van der Waals surface area contributed by atoms with Gasteiger partial charge in [0.05, 0.1) is 12.5 Å². The van der Waals surface area contributed by atoms with Crippen LogP contribution >= 0.6 is 0 Å². The molecule has 2 rings (SSSR count). The van der Waals surface area contributed by atoms with Crippen LogP contribution in [0.4, 0.5) is 13.2 Å². The molecule has 110 valence electrons. The molecular formula is C13H8F3NO4. The number of halogens is 3. The Bertz CT molecular complexity index is 827. The van der Waals surface area contributed by atoms with Crippen LogP contribution < -0.4 is 10.2 Å². The largest absolute Gasteiger partial charge is 0.491 e. The molecule has 0 saturated heterocycles. The summed E-state index contributed by atoms with van der Waals surface area (Å²) in [5, 5.41) is 8.50. The van der Waals surface area contributed by atoms with E-state index in [1.807, 2.05) is 0 Å². The molecule has 0 radical (unpaired) electrons. The molecule has 1 aromatic heterocycles. The van der Waals surface area contributed by atoms with Crippen molar-refractivity contribution in [2.75, 3.05) is 7.11 Å². The molecule has 5 nitrogen and oxygen atoms in total. The highest BCUT2D eigenvalue weighted by Gasteiger charge is 2.21. The van der Waals surface area contributed by atoms with Crippen molar-refractivity contribution in [3.63, 3.8) is 0 Å². The Balaban J connectivity index is 3.12. The third-order valence-corrected chi connectivity index (χ3v) is 2.82. The highest BCUT2D eigenvalue weighted by Crippen LogP contribution is 2.30. The lowest BCUT2D eigenvalue weighted by Gasteiger charge is -2.12. The average Bonchev–Trinajstić information content (AvgIpc) is 2.43. The first kappa shape index (κ1) is 14.6. The lowest BCUT2D eigenvalue weighted by molar-refractivity contribution is 0.0695. The lowest BCUT2D eigenvalue weighted by Crippen LogP contribution is -2.18. The van der Waals surface area contributed by atoms with Gasteiger partial charge in [-0.05, 0) is 6.07 Å². The zero-order valence-corrected chi connectivity index (χ0v) is 10.6. The van der Waals surface area contributed by atoms with E-state index in [2.05, 4.69) is 0 Å². The second-order valence-corrected chi connectivity index (χ2v) is 3.96. The molecule has 0 bridgehead atoms. The fourth-order valence-corrected chi connectivity index (χ4v) is 1.95. The summed E-state index contributed by atoms with van der Waals surface area (Å²) < 4.78 is 45.1. The summed E-state index contributed by atoms with van der Waals surface area (Å²) in [6.45, 7) is 0. The first-order valence-corrected chi connectivity index (χ1v) is 5.53. The van der Waals surface area contributed by atoms with E-state index in [-0.39, 0.29) is 11.8 Å². The van der Waals surface area contributed by atoms with Crippen molar-refractivity contribution >= 4 is 23.1 Å². The van der Waals surface area contributed by atoms with Gasteiger partial charge >= 0.3 is 5.97 Å². The van der Waals surface area contributed by atoms with E-state index in [4.69, 9.17) is 9.84 Å². The van der Waals surface area contributed by atoms with Crippen LogP contribution in [-0.4, -0.2) is 22.8 Å². The molecule has 0 atom stereocenters. The maximum atomic E-state index is 13.7. The van der Waals surface area contributed by atoms with Gasteiger partial charge in [0, 0.05) is 12.4 Å². The first-order chi connectivity index (χ1) is 9.92. The highest BCUT2D eigenvalue weighted by molar-refractivity contribution is 5.95. The van der Waals surface area contributed by atoms with Crippen molar-refractivity contribution in [2.24, 2.45) is 0 Å². The number of methoxy groups -OCH3 is 1. The van der Waals surface area contributed by atoms with Crippen LogP contribution in [0.1, 0.15) is 10.4 Å². The summed E-state index contributed by atoms with van der Waals surface area (Å²) in [7, 11) is 1.04. The molecule has 21 heavy (non-hydrogen) atoms. The Labute approximate surface area is 115 Å². The van der Waals surface area contributed by atoms with Gasteiger partial charge in [-0.2, -0.15) is 4.39 Å². The Morgan fingerprint density at radius 2 is 2.10 bits per heavy atom. The molecule has 0 unspecified atom stereocenters. The molecule has 0 amide bonds. The van der Waals surface area contributed by atoms with Gasteiger partial charge in [-0.1, -0.05) is 0 Å². The Morgan fingerprint density at radius 1 is 1.43 bits per heavy atom. The standard InChI is InChI=1S/C13H8F3NO4/c1-21-12-9(16)8(15)4-6-10(12)17(3-2-14)5-7(11(6)18)13(19)20/h2-5H,1H3,(H,19,20)/b3-2+. The summed E-state index contributed by atoms with van der Waals surface area (Å²) in [4.78, 5) is 23.0. The molecule has 1 heterocycles. The summed E-state index contributed by atoms with van der Waals surface area (Å²) in [6.07, 6.45) is 1.59. The van der Waals surface area contributed by atoms with Crippen LogP contribution in [-0.2, 0) is 0 Å². The number of hydrogen-bond acceptors (Lipinski definition) is 3. The second-order valence-electron chi connectivity index (χ2n) is 3.96. The number of hydrogen-bond donors (Lipinski definition) is 1. The maximum Gasteiger partial charge on any atom is 0.341 e. The van der Waals surface area contributed by atoms with Gasteiger partial charge in [0.2, 0.25) is 11.2 Å². The van der Waals surface area contributed by atoms with Crippen molar-refractivity contribution in [1.29, 1.82) is 0 Å². The van der Waals surface area contributed by atoms with Gasteiger partial charge in [0.1, 0.15) is 17.4 Å². The number of benzene rings is 1. The number of aromatic carboxylic acids is 1. The van der Waals surface area contributed by atoms with Crippen molar-refractivity contribution in [3.8, 4) is 5.75 Å². The van der Waals surface area contributed by atoms with Gasteiger partial charge in [-0.25, -0.2) is 13.6 Å². The minimum absolute atomic E-state index is 0.0518. The first-order valence-electron chi connectivity index (χ1n) is 5.53. The van der Waals surface area contributed by atoms with Crippen molar-refractivity contribution < 1.29 is 27.8 Å². The molecule has 0 spiro atoms. The fourth-order valence-electron chi connectivity index (χ4n) is 1.95. The zero-order chi connectivity index (χ0) is 15.7. The molecule has 0 aliphatic heterocycles. The number of carboxylic acid groups (broad SMARTS) is 1. The Hall–Kier alpha value is -2.77. The van der Waals surface area contributed by atoms with Crippen LogP contribution in [0.15, 0.2) is 23.4 Å². The summed E-state index contributed by atoms with van der Waals surface area (Å²) in [6, 6.07) is 0.546. The maximum absolute atomic E-state index is 13.7. The lowest BCUT2D eigenvalue weighted by atomic mass is 10.1. The van der Waals surface area contributed by atoms with Gasteiger partial charge in [-0.15, -0.1) is 0 Å². The average molecular weight is 299 g/mol. The summed E-state index contributed by atoms with van der Waals surface area (Å²) in [5.41, 5.74) is -2.02. The van der Waals surface area contributed by atoms with E-state index in [1.165, 1.54) is 0 Å². The third-order valence-electron chi connectivity index (χ3n) is 2.82. The SMILES string of the molecule is COc1c(F)c(F)cc2c(=O)c(C(=O)O)cn(/C=C/F)c12. The van der Waals surface area contributed by atoms with Crippen LogP contribution in [0, 0.1) is 11.6 Å². The molecule has 2 aromatic rings. The predicted octanol–water partition coefficient (Wildman–Crippen LogP) is 2.38. The zero-order valence-electron chi connectivity index (χ0n) is 10.6. The Morgan fingerprint density at radius 3 is 2.62 bits per heavy atom. The van der Waals surface area contributed by atoms with Crippen LogP contribution in [0.5, 0.6) is 5.75 Å². The topological polar surface area (TPSA) is 68.5 Å². The van der Waals surface area contributed by atoms with Gasteiger partial charge < -0.3 is 14.4 Å². The highest BCUT2D eigenvalue weighted by atomic mass is 19.2. The molecule has 0 aliphatic rings. The molecule has 0 aliphatic carbocycles. The van der Waals surface area contributed by atoms with Crippen LogP contribution in [0.3, 0.4) is 0 Å². The van der Waals surface area contributed by atoms with E-state index in [9.17, 15) is 22.8 Å².